The van der Waals surface area contributed by atoms with Gasteiger partial charge in [0, 0.05) is 11.3 Å². The van der Waals surface area contributed by atoms with Crippen molar-refractivity contribution in [2.75, 3.05) is 5.73 Å². The van der Waals surface area contributed by atoms with E-state index < -0.39 is 0 Å². The minimum atomic E-state index is 0.219. The third kappa shape index (κ3) is 2.17. The van der Waals surface area contributed by atoms with Gasteiger partial charge in [0.05, 0.1) is 0 Å². The molecule has 3 heteroatoms. The molecule has 0 aliphatic rings. The normalized spacial score (nSPS) is 11.1. The molecule has 0 bridgehead atoms. The van der Waals surface area contributed by atoms with Gasteiger partial charge in [-0.25, -0.2) is 0 Å². The molecule has 1 rings (SSSR count). The van der Waals surface area contributed by atoms with Crippen LogP contribution in [0.2, 0.25) is 0 Å². The van der Waals surface area contributed by atoms with Crippen molar-refractivity contribution >= 4 is 11.4 Å². The van der Waals surface area contributed by atoms with Crippen molar-refractivity contribution in [2.24, 2.45) is 5.18 Å². The predicted molar refractivity (Wildman–Crippen MR) is 64.5 cm³/mol. The van der Waals surface area contributed by atoms with Gasteiger partial charge in [0.2, 0.25) is 0 Å². The second-order valence-electron chi connectivity index (χ2n) is 4.40. The summed E-state index contributed by atoms with van der Waals surface area (Å²) in [6.45, 7) is 8.21. The zero-order valence-corrected chi connectivity index (χ0v) is 9.74. The number of benzene rings is 1. The Bertz CT molecular complexity index is 370. The van der Waals surface area contributed by atoms with Crippen LogP contribution in [0.5, 0.6) is 0 Å². The SMILES string of the molecule is CC(C)c1ccc(N=O)c(C(C)C)c1N. The zero-order chi connectivity index (χ0) is 11.6. The molecular formula is C12H18N2O. The third-order valence-corrected chi connectivity index (χ3v) is 2.60. The van der Waals surface area contributed by atoms with E-state index in [1.54, 1.807) is 6.07 Å². The summed E-state index contributed by atoms with van der Waals surface area (Å²) in [5, 5.41) is 3.02. The van der Waals surface area contributed by atoms with Gasteiger partial charge >= 0.3 is 0 Å². The van der Waals surface area contributed by atoms with Crippen LogP contribution in [0, 0.1) is 4.91 Å². The Balaban J connectivity index is 3.42. The predicted octanol–water partition coefficient (Wildman–Crippen LogP) is 3.91. The first-order valence-corrected chi connectivity index (χ1v) is 5.24. The molecule has 0 saturated carbocycles. The summed E-state index contributed by atoms with van der Waals surface area (Å²) in [5.41, 5.74) is 9.21. The molecule has 0 aromatic heterocycles. The molecule has 0 amide bonds. The summed E-state index contributed by atoms with van der Waals surface area (Å²) in [6, 6.07) is 3.65. The Hall–Kier alpha value is -1.38. The summed E-state index contributed by atoms with van der Waals surface area (Å²) in [7, 11) is 0. The molecule has 0 saturated heterocycles. The molecule has 1 aromatic carbocycles. The van der Waals surface area contributed by atoms with Gasteiger partial charge in [0.25, 0.3) is 0 Å². The van der Waals surface area contributed by atoms with E-state index in [1.807, 2.05) is 19.9 Å². The molecule has 0 aliphatic carbocycles. The number of nitrogen functional groups attached to an aromatic ring is 1. The standard InChI is InChI=1S/C12H18N2O/c1-7(2)9-5-6-10(14-15)11(8(3)4)12(9)13/h5-8H,13H2,1-4H3. The molecular weight excluding hydrogens is 188 g/mol. The first-order chi connectivity index (χ1) is 6.99. The number of nitrogens with zero attached hydrogens (tertiary/aromatic N) is 1. The molecule has 82 valence electrons. The van der Waals surface area contributed by atoms with Crippen molar-refractivity contribution in [3.63, 3.8) is 0 Å². The lowest BCUT2D eigenvalue weighted by atomic mass is 9.92. The second-order valence-corrected chi connectivity index (χ2v) is 4.40. The van der Waals surface area contributed by atoms with Crippen molar-refractivity contribution in [3.8, 4) is 0 Å². The Morgan fingerprint density at radius 1 is 1.13 bits per heavy atom. The molecule has 0 unspecified atom stereocenters. The average molecular weight is 206 g/mol. The van der Waals surface area contributed by atoms with E-state index in [1.165, 1.54) is 0 Å². The number of nitrogens with two attached hydrogens (primary N) is 1. The van der Waals surface area contributed by atoms with Crippen molar-refractivity contribution in [1.82, 2.24) is 0 Å². The van der Waals surface area contributed by atoms with Gasteiger partial charge in [-0.3, -0.25) is 0 Å². The van der Waals surface area contributed by atoms with Crippen LogP contribution in [0.1, 0.15) is 50.7 Å². The fourth-order valence-electron chi connectivity index (χ4n) is 1.83. The number of anilines is 1. The quantitative estimate of drug-likeness (QED) is 0.602. The van der Waals surface area contributed by atoms with Gasteiger partial charge in [-0.15, -0.1) is 4.91 Å². The van der Waals surface area contributed by atoms with E-state index in [0.29, 0.717) is 11.6 Å². The van der Waals surface area contributed by atoms with E-state index in [4.69, 9.17) is 5.73 Å². The molecule has 0 atom stereocenters. The van der Waals surface area contributed by atoms with Crippen molar-refractivity contribution < 1.29 is 0 Å². The lowest BCUT2D eigenvalue weighted by molar-refractivity contribution is 0.840. The van der Waals surface area contributed by atoms with Crippen LogP contribution in [0.25, 0.3) is 0 Å². The van der Waals surface area contributed by atoms with Crippen molar-refractivity contribution in [3.05, 3.63) is 28.2 Å². The topological polar surface area (TPSA) is 55.5 Å². The molecule has 0 heterocycles. The monoisotopic (exact) mass is 206 g/mol. The van der Waals surface area contributed by atoms with Gasteiger partial charge in [0.15, 0.2) is 0 Å². The fourth-order valence-corrected chi connectivity index (χ4v) is 1.83. The van der Waals surface area contributed by atoms with E-state index >= 15 is 0 Å². The van der Waals surface area contributed by atoms with Crippen LogP contribution >= 0.6 is 0 Å². The van der Waals surface area contributed by atoms with Crippen molar-refractivity contribution in [2.45, 2.75) is 39.5 Å². The maximum Gasteiger partial charge on any atom is 0.113 e. The summed E-state index contributed by atoms with van der Waals surface area (Å²) >= 11 is 0. The van der Waals surface area contributed by atoms with Gasteiger partial charge in [0.1, 0.15) is 5.69 Å². The van der Waals surface area contributed by atoms with Gasteiger partial charge in [-0.1, -0.05) is 33.8 Å². The van der Waals surface area contributed by atoms with Crippen LogP contribution in [0.3, 0.4) is 0 Å². The molecule has 1 aromatic rings. The minimum Gasteiger partial charge on any atom is -0.398 e. The van der Waals surface area contributed by atoms with Crippen LogP contribution in [-0.4, -0.2) is 0 Å². The smallest absolute Gasteiger partial charge is 0.113 e. The largest absolute Gasteiger partial charge is 0.398 e. The summed E-state index contributed by atoms with van der Waals surface area (Å²) in [6.07, 6.45) is 0. The maximum atomic E-state index is 10.7. The van der Waals surface area contributed by atoms with Crippen LogP contribution < -0.4 is 5.73 Å². The highest BCUT2D eigenvalue weighted by molar-refractivity contribution is 5.66. The third-order valence-electron chi connectivity index (χ3n) is 2.60. The van der Waals surface area contributed by atoms with E-state index in [0.717, 1.165) is 16.8 Å². The minimum absolute atomic E-state index is 0.219. The van der Waals surface area contributed by atoms with Crippen molar-refractivity contribution in [1.29, 1.82) is 0 Å². The van der Waals surface area contributed by atoms with Crippen LogP contribution in [0.15, 0.2) is 17.3 Å². The van der Waals surface area contributed by atoms with Crippen LogP contribution in [0.4, 0.5) is 11.4 Å². The first-order valence-electron chi connectivity index (χ1n) is 5.24. The number of hydrogen-bond donors (Lipinski definition) is 1. The summed E-state index contributed by atoms with van der Waals surface area (Å²) in [5.74, 6) is 0.583. The Kier molecular flexibility index (Phi) is 3.45. The summed E-state index contributed by atoms with van der Waals surface area (Å²) in [4.78, 5) is 10.7. The van der Waals surface area contributed by atoms with E-state index in [2.05, 4.69) is 19.0 Å². The number of rotatable bonds is 3. The Morgan fingerprint density at radius 2 is 1.73 bits per heavy atom. The van der Waals surface area contributed by atoms with Gasteiger partial charge < -0.3 is 5.73 Å². The van der Waals surface area contributed by atoms with E-state index in [-0.39, 0.29) is 5.92 Å². The zero-order valence-electron chi connectivity index (χ0n) is 9.74. The Morgan fingerprint density at radius 3 is 2.13 bits per heavy atom. The summed E-state index contributed by atoms with van der Waals surface area (Å²) < 4.78 is 0. The molecule has 2 N–H and O–H groups in total. The highest BCUT2D eigenvalue weighted by atomic mass is 16.3. The molecule has 0 fully saturated rings. The lowest BCUT2D eigenvalue weighted by Crippen LogP contribution is -2.03. The number of hydrogen-bond acceptors (Lipinski definition) is 3. The number of nitroso groups, excluding NO2 is 1. The highest BCUT2D eigenvalue weighted by Gasteiger charge is 2.15. The molecule has 15 heavy (non-hydrogen) atoms. The lowest BCUT2D eigenvalue weighted by Gasteiger charge is -2.17. The molecule has 0 spiro atoms. The average Bonchev–Trinajstić information content (AvgIpc) is 2.15. The van der Waals surface area contributed by atoms with Crippen LogP contribution in [-0.2, 0) is 0 Å². The fraction of sp³-hybridized carbons (Fsp3) is 0.500. The van der Waals surface area contributed by atoms with E-state index in [9.17, 15) is 4.91 Å². The molecule has 0 aliphatic heterocycles. The maximum absolute atomic E-state index is 10.7. The molecule has 0 radical (unpaired) electrons. The molecule has 3 nitrogen and oxygen atoms in total. The van der Waals surface area contributed by atoms with Gasteiger partial charge in [-0.2, -0.15) is 0 Å². The Labute approximate surface area is 90.7 Å². The van der Waals surface area contributed by atoms with Gasteiger partial charge in [-0.05, 0) is 28.6 Å². The highest BCUT2D eigenvalue weighted by Crippen LogP contribution is 2.36. The second kappa shape index (κ2) is 4.43. The first kappa shape index (κ1) is 11.7.